The van der Waals surface area contributed by atoms with E-state index >= 15 is 0 Å². The lowest BCUT2D eigenvalue weighted by atomic mass is 9.95. The molecule has 0 bridgehead atoms. The molecule has 0 aromatic heterocycles. The van der Waals surface area contributed by atoms with Gasteiger partial charge in [0, 0.05) is 24.3 Å². The molecule has 28 heavy (non-hydrogen) atoms. The van der Waals surface area contributed by atoms with Gasteiger partial charge in [-0.3, -0.25) is 9.59 Å². The largest absolute Gasteiger partial charge is 0.338 e. The van der Waals surface area contributed by atoms with Crippen LogP contribution in [0.2, 0.25) is 0 Å². The van der Waals surface area contributed by atoms with Gasteiger partial charge in [-0.05, 0) is 63.3 Å². The molecule has 0 aliphatic carbocycles. The van der Waals surface area contributed by atoms with Crippen molar-refractivity contribution in [3.8, 4) is 0 Å². The Morgan fingerprint density at radius 2 is 1.82 bits per heavy atom. The fourth-order valence-electron chi connectivity index (χ4n) is 4.08. The Bertz CT molecular complexity index is 868. The monoisotopic (exact) mass is 378 g/mol. The zero-order chi connectivity index (χ0) is 20.3. The van der Waals surface area contributed by atoms with E-state index in [-0.39, 0.29) is 17.7 Å². The smallest absolute Gasteiger partial charge is 0.253 e. The summed E-state index contributed by atoms with van der Waals surface area (Å²) in [5, 5.41) is 3.14. The fourth-order valence-corrected chi connectivity index (χ4v) is 4.08. The first kappa shape index (κ1) is 20.1. The molecule has 2 aromatic carbocycles. The Kier molecular flexibility index (Phi) is 6.18. The van der Waals surface area contributed by atoms with Crippen LogP contribution in [0, 0.1) is 26.7 Å². The number of amides is 2. The average Bonchev–Trinajstić information content (AvgIpc) is 2.68. The molecule has 1 atom stereocenters. The topological polar surface area (TPSA) is 49.4 Å². The third kappa shape index (κ3) is 4.44. The van der Waals surface area contributed by atoms with Gasteiger partial charge in [-0.1, -0.05) is 42.3 Å². The predicted molar refractivity (Wildman–Crippen MR) is 114 cm³/mol. The van der Waals surface area contributed by atoms with E-state index in [0.717, 1.165) is 47.2 Å². The molecule has 2 amide bonds. The van der Waals surface area contributed by atoms with E-state index in [1.54, 1.807) is 0 Å². The molecule has 1 N–H and O–H groups in total. The number of hydrogen-bond donors (Lipinski definition) is 1. The van der Waals surface area contributed by atoms with Crippen LogP contribution in [-0.4, -0.2) is 29.8 Å². The maximum atomic E-state index is 13.0. The maximum absolute atomic E-state index is 13.0. The van der Waals surface area contributed by atoms with Gasteiger partial charge in [0.05, 0.1) is 5.92 Å². The summed E-state index contributed by atoms with van der Waals surface area (Å²) >= 11 is 0. The summed E-state index contributed by atoms with van der Waals surface area (Å²) in [4.78, 5) is 27.8. The molecule has 0 spiro atoms. The van der Waals surface area contributed by atoms with Crippen molar-refractivity contribution >= 4 is 17.5 Å². The second-order valence-corrected chi connectivity index (χ2v) is 7.92. The first-order chi connectivity index (χ1) is 13.4. The summed E-state index contributed by atoms with van der Waals surface area (Å²) in [6.45, 7) is 9.31. The van der Waals surface area contributed by atoms with Crippen molar-refractivity contribution in [1.82, 2.24) is 4.90 Å². The van der Waals surface area contributed by atoms with Crippen LogP contribution in [0.1, 0.15) is 52.4 Å². The second kappa shape index (κ2) is 8.59. The van der Waals surface area contributed by atoms with Gasteiger partial charge in [-0.2, -0.15) is 0 Å². The van der Waals surface area contributed by atoms with Crippen LogP contribution in [0.3, 0.4) is 0 Å². The van der Waals surface area contributed by atoms with Crippen molar-refractivity contribution in [3.05, 3.63) is 64.2 Å². The Morgan fingerprint density at radius 3 is 2.50 bits per heavy atom. The molecule has 1 aliphatic heterocycles. The normalized spacial score (nSPS) is 16.7. The number of nitrogens with zero attached hydrogens (tertiary/aromatic N) is 1. The molecule has 148 valence electrons. The summed E-state index contributed by atoms with van der Waals surface area (Å²) in [6, 6.07) is 12.0. The lowest BCUT2D eigenvalue weighted by Gasteiger charge is -2.32. The zero-order valence-corrected chi connectivity index (χ0v) is 17.3. The molecule has 0 radical (unpaired) electrons. The Labute approximate surface area is 167 Å². The van der Waals surface area contributed by atoms with Crippen LogP contribution in [0.4, 0.5) is 5.69 Å². The Hall–Kier alpha value is -2.62. The number of rotatable bonds is 4. The van der Waals surface area contributed by atoms with Gasteiger partial charge in [0.1, 0.15) is 0 Å². The van der Waals surface area contributed by atoms with Crippen molar-refractivity contribution in [1.29, 1.82) is 0 Å². The van der Waals surface area contributed by atoms with Crippen LogP contribution in [0.25, 0.3) is 0 Å². The van der Waals surface area contributed by atoms with Crippen LogP contribution in [0.15, 0.2) is 36.4 Å². The fraction of sp³-hybridized carbons (Fsp3) is 0.417. The third-order valence-corrected chi connectivity index (χ3v) is 5.54. The number of aryl methyl sites for hydroxylation is 4. The number of hydrogen-bond acceptors (Lipinski definition) is 2. The minimum absolute atomic E-state index is 0.0157. The molecule has 1 saturated heterocycles. The van der Waals surface area contributed by atoms with Gasteiger partial charge >= 0.3 is 0 Å². The summed E-state index contributed by atoms with van der Waals surface area (Å²) in [7, 11) is 0. The molecule has 3 rings (SSSR count). The number of nitrogens with one attached hydrogen (secondary N) is 1. The summed E-state index contributed by atoms with van der Waals surface area (Å²) in [6.07, 6.45) is 2.54. The average molecular weight is 379 g/mol. The number of likely N-dealkylation sites (tertiary alicyclic amines) is 1. The van der Waals surface area contributed by atoms with Gasteiger partial charge in [-0.25, -0.2) is 0 Å². The highest BCUT2D eigenvalue weighted by Gasteiger charge is 2.29. The van der Waals surface area contributed by atoms with Gasteiger partial charge < -0.3 is 10.2 Å². The minimum Gasteiger partial charge on any atom is -0.338 e. The van der Waals surface area contributed by atoms with E-state index in [4.69, 9.17) is 0 Å². The maximum Gasteiger partial charge on any atom is 0.253 e. The molecule has 1 fully saturated rings. The van der Waals surface area contributed by atoms with E-state index in [9.17, 15) is 9.59 Å². The Morgan fingerprint density at radius 1 is 1.11 bits per heavy atom. The van der Waals surface area contributed by atoms with Gasteiger partial charge in [0.2, 0.25) is 5.91 Å². The number of piperidine rings is 1. The SMILES string of the molecule is CCc1cccc(C)c1NC(=O)[C@H]1CCCN(C(=O)c2cc(C)cc(C)c2)C1. The summed E-state index contributed by atoms with van der Waals surface area (Å²) in [5.41, 5.74) is 6.03. The molecule has 2 aromatic rings. The van der Waals surface area contributed by atoms with Crippen molar-refractivity contribution < 1.29 is 9.59 Å². The number of carbonyl (C=O) groups excluding carboxylic acids is 2. The molecule has 0 unspecified atom stereocenters. The highest BCUT2D eigenvalue weighted by Crippen LogP contribution is 2.25. The van der Waals surface area contributed by atoms with Crippen LogP contribution in [-0.2, 0) is 11.2 Å². The van der Waals surface area contributed by atoms with E-state index in [2.05, 4.69) is 24.4 Å². The number of benzene rings is 2. The lowest BCUT2D eigenvalue weighted by molar-refractivity contribution is -0.121. The van der Waals surface area contributed by atoms with Gasteiger partial charge in [0.25, 0.3) is 5.91 Å². The van der Waals surface area contributed by atoms with Crippen molar-refractivity contribution in [2.45, 2.75) is 47.0 Å². The first-order valence-electron chi connectivity index (χ1n) is 10.2. The lowest BCUT2D eigenvalue weighted by Crippen LogP contribution is -2.43. The van der Waals surface area contributed by atoms with Crippen LogP contribution < -0.4 is 5.32 Å². The summed E-state index contributed by atoms with van der Waals surface area (Å²) in [5.74, 6) is -0.135. The highest BCUT2D eigenvalue weighted by atomic mass is 16.2. The number of carbonyl (C=O) groups is 2. The van der Waals surface area contributed by atoms with Crippen molar-refractivity contribution in [3.63, 3.8) is 0 Å². The molecule has 4 heteroatoms. The Balaban J connectivity index is 1.72. The molecule has 1 aliphatic rings. The van der Waals surface area contributed by atoms with Crippen LogP contribution in [0.5, 0.6) is 0 Å². The quantitative estimate of drug-likeness (QED) is 0.841. The minimum atomic E-state index is -0.173. The van der Waals surface area contributed by atoms with E-state index in [0.29, 0.717) is 18.7 Å². The van der Waals surface area contributed by atoms with Crippen molar-refractivity contribution in [2.75, 3.05) is 18.4 Å². The van der Waals surface area contributed by atoms with Gasteiger partial charge in [0.15, 0.2) is 0 Å². The first-order valence-corrected chi connectivity index (χ1v) is 10.2. The van der Waals surface area contributed by atoms with E-state index < -0.39 is 0 Å². The van der Waals surface area contributed by atoms with E-state index in [1.807, 2.05) is 49.9 Å². The molecule has 4 nitrogen and oxygen atoms in total. The standard InChI is InChI=1S/C24H30N2O2/c1-5-19-9-6-8-18(4)22(19)25-23(27)20-10-7-11-26(15-20)24(28)21-13-16(2)12-17(3)14-21/h6,8-9,12-14,20H,5,7,10-11,15H2,1-4H3,(H,25,27)/t20-/m0/s1. The zero-order valence-electron chi connectivity index (χ0n) is 17.3. The van der Waals surface area contributed by atoms with E-state index in [1.165, 1.54) is 0 Å². The third-order valence-electron chi connectivity index (χ3n) is 5.54. The molecule has 1 heterocycles. The molecular formula is C24H30N2O2. The van der Waals surface area contributed by atoms with Crippen LogP contribution >= 0.6 is 0 Å². The second-order valence-electron chi connectivity index (χ2n) is 7.92. The summed E-state index contributed by atoms with van der Waals surface area (Å²) < 4.78 is 0. The number of anilines is 1. The van der Waals surface area contributed by atoms with Gasteiger partial charge in [-0.15, -0.1) is 0 Å². The molecular weight excluding hydrogens is 348 g/mol. The highest BCUT2D eigenvalue weighted by molar-refractivity contribution is 5.97. The molecule has 0 saturated carbocycles. The number of para-hydroxylation sites is 1. The van der Waals surface area contributed by atoms with Crippen molar-refractivity contribution in [2.24, 2.45) is 5.92 Å². The predicted octanol–water partition coefficient (Wildman–Crippen LogP) is 4.67.